The van der Waals surface area contributed by atoms with Crippen LogP contribution in [0.25, 0.3) is 0 Å². The smallest absolute Gasteiger partial charge is 0.241 e. The molecule has 0 aliphatic carbocycles. The van der Waals surface area contributed by atoms with Gasteiger partial charge in [-0.2, -0.15) is 0 Å². The van der Waals surface area contributed by atoms with Crippen molar-refractivity contribution in [1.82, 2.24) is 9.80 Å². The summed E-state index contributed by atoms with van der Waals surface area (Å²) in [5.41, 5.74) is 0.970. The Morgan fingerprint density at radius 3 is 2.70 bits per heavy atom. The molecule has 0 spiro atoms. The van der Waals surface area contributed by atoms with Gasteiger partial charge in [-0.1, -0.05) is 18.2 Å². The van der Waals surface area contributed by atoms with Crippen LogP contribution in [0.2, 0.25) is 0 Å². The van der Waals surface area contributed by atoms with Gasteiger partial charge in [0.1, 0.15) is 0 Å². The van der Waals surface area contributed by atoms with E-state index in [4.69, 9.17) is 5.11 Å². The molecule has 1 aliphatic rings. The van der Waals surface area contributed by atoms with Gasteiger partial charge in [-0.05, 0) is 25.1 Å². The Morgan fingerprint density at radius 1 is 1.15 bits per heavy atom. The highest BCUT2D eigenvalue weighted by molar-refractivity contribution is 5.80. The second kappa shape index (κ2) is 7.87. The molecule has 20 heavy (non-hydrogen) atoms. The lowest BCUT2D eigenvalue weighted by Gasteiger charge is -2.22. The number of carbonyl (C=O) groups excluding carboxylic acids is 1. The van der Waals surface area contributed by atoms with E-state index < -0.39 is 0 Å². The summed E-state index contributed by atoms with van der Waals surface area (Å²) in [6, 6.07) is 9.77. The number of benzene rings is 1. The topological polar surface area (TPSA) is 55.8 Å². The molecule has 1 fully saturated rings. The number of β-amino-alcohol motifs (C(OH)–C–C–N with tert-alkyl or cyclic N) is 1. The molecule has 0 aromatic heterocycles. The highest BCUT2D eigenvalue weighted by atomic mass is 16.3. The number of hydrogen-bond acceptors (Lipinski definition) is 4. The van der Waals surface area contributed by atoms with Crippen LogP contribution < -0.4 is 5.32 Å². The number of anilines is 1. The van der Waals surface area contributed by atoms with E-state index in [1.54, 1.807) is 0 Å². The molecule has 1 amide bonds. The van der Waals surface area contributed by atoms with E-state index in [-0.39, 0.29) is 12.5 Å². The van der Waals surface area contributed by atoms with Gasteiger partial charge in [0.15, 0.2) is 0 Å². The molecule has 0 bridgehead atoms. The Kier molecular flexibility index (Phi) is 5.83. The summed E-state index contributed by atoms with van der Waals surface area (Å²) in [6.07, 6.45) is 0.969. The lowest BCUT2D eigenvalue weighted by atomic mass is 10.3. The number of para-hydroxylation sites is 1. The summed E-state index contributed by atoms with van der Waals surface area (Å²) >= 11 is 0. The lowest BCUT2D eigenvalue weighted by Crippen LogP contribution is -2.38. The molecule has 5 heteroatoms. The van der Waals surface area contributed by atoms with E-state index in [9.17, 15) is 4.79 Å². The minimum absolute atomic E-state index is 0.139. The maximum atomic E-state index is 12.2. The Labute approximate surface area is 120 Å². The van der Waals surface area contributed by atoms with Crippen LogP contribution in [0.1, 0.15) is 6.42 Å². The van der Waals surface area contributed by atoms with Crippen LogP contribution in [-0.4, -0.2) is 66.7 Å². The first-order valence-electron chi connectivity index (χ1n) is 7.19. The number of hydrogen-bond donors (Lipinski definition) is 2. The van der Waals surface area contributed by atoms with E-state index in [0.717, 1.165) is 38.3 Å². The fourth-order valence-corrected chi connectivity index (χ4v) is 2.43. The molecule has 5 nitrogen and oxygen atoms in total. The highest BCUT2D eigenvalue weighted by Crippen LogP contribution is 2.06. The molecule has 2 rings (SSSR count). The highest BCUT2D eigenvalue weighted by Gasteiger charge is 2.18. The van der Waals surface area contributed by atoms with Crippen molar-refractivity contribution in [3.63, 3.8) is 0 Å². The number of aliphatic hydroxyl groups excluding tert-OH is 1. The van der Waals surface area contributed by atoms with E-state index in [1.807, 2.05) is 35.2 Å². The van der Waals surface area contributed by atoms with Crippen molar-refractivity contribution in [3.8, 4) is 0 Å². The maximum Gasteiger partial charge on any atom is 0.241 e. The van der Waals surface area contributed by atoms with E-state index in [0.29, 0.717) is 13.1 Å². The monoisotopic (exact) mass is 277 g/mol. The van der Waals surface area contributed by atoms with Gasteiger partial charge in [-0.15, -0.1) is 0 Å². The van der Waals surface area contributed by atoms with Crippen LogP contribution in [0.15, 0.2) is 30.3 Å². The molecule has 1 aromatic rings. The predicted octanol–water partition coefficient (Wildman–Crippen LogP) is 0.625. The van der Waals surface area contributed by atoms with Crippen molar-refractivity contribution in [2.24, 2.45) is 0 Å². The quantitative estimate of drug-likeness (QED) is 0.829. The molecular weight excluding hydrogens is 254 g/mol. The Morgan fingerprint density at radius 2 is 1.95 bits per heavy atom. The van der Waals surface area contributed by atoms with Gasteiger partial charge in [-0.25, -0.2) is 0 Å². The molecule has 1 aliphatic heterocycles. The van der Waals surface area contributed by atoms with Crippen LogP contribution in [0.5, 0.6) is 0 Å². The van der Waals surface area contributed by atoms with Crippen LogP contribution in [-0.2, 0) is 4.79 Å². The first kappa shape index (κ1) is 14.8. The summed E-state index contributed by atoms with van der Waals surface area (Å²) in [6.45, 7) is 4.57. The molecular formula is C15H23N3O2. The van der Waals surface area contributed by atoms with E-state index in [1.165, 1.54) is 0 Å². The van der Waals surface area contributed by atoms with Gasteiger partial charge >= 0.3 is 0 Å². The second-order valence-corrected chi connectivity index (χ2v) is 5.02. The number of nitrogens with one attached hydrogen (secondary N) is 1. The largest absolute Gasteiger partial charge is 0.395 e. The Hall–Kier alpha value is -1.59. The van der Waals surface area contributed by atoms with Gasteiger partial charge in [0.05, 0.1) is 13.2 Å². The molecule has 1 heterocycles. The van der Waals surface area contributed by atoms with Gasteiger partial charge in [0, 0.05) is 31.9 Å². The normalized spacial score (nSPS) is 16.8. The number of nitrogens with zero attached hydrogens (tertiary/aromatic N) is 2. The van der Waals surface area contributed by atoms with Gasteiger partial charge < -0.3 is 15.3 Å². The van der Waals surface area contributed by atoms with Gasteiger partial charge in [-0.3, -0.25) is 9.69 Å². The Balaban J connectivity index is 1.77. The third kappa shape index (κ3) is 4.51. The molecule has 0 unspecified atom stereocenters. The summed E-state index contributed by atoms with van der Waals surface area (Å²) in [5, 5.41) is 12.1. The van der Waals surface area contributed by atoms with Crippen LogP contribution in [0.3, 0.4) is 0 Å². The average Bonchev–Trinajstić information content (AvgIpc) is 2.72. The third-order valence-corrected chi connectivity index (χ3v) is 3.57. The van der Waals surface area contributed by atoms with Crippen molar-refractivity contribution >= 4 is 11.6 Å². The first-order valence-corrected chi connectivity index (χ1v) is 7.19. The zero-order valence-corrected chi connectivity index (χ0v) is 11.8. The van der Waals surface area contributed by atoms with E-state index >= 15 is 0 Å². The predicted molar refractivity (Wildman–Crippen MR) is 79.7 cm³/mol. The van der Waals surface area contributed by atoms with E-state index in [2.05, 4.69) is 10.2 Å². The minimum Gasteiger partial charge on any atom is -0.395 e. The molecule has 0 saturated carbocycles. The Bertz CT molecular complexity index is 411. The average molecular weight is 277 g/mol. The second-order valence-electron chi connectivity index (χ2n) is 5.02. The summed E-state index contributed by atoms with van der Waals surface area (Å²) in [5.74, 6) is 0.139. The molecule has 110 valence electrons. The molecule has 1 saturated heterocycles. The van der Waals surface area contributed by atoms with Crippen LogP contribution >= 0.6 is 0 Å². The van der Waals surface area contributed by atoms with Crippen molar-refractivity contribution in [2.75, 3.05) is 51.2 Å². The van der Waals surface area contributed by atoms with Crippen molar-refractivity contribution in [1.29, 1.82) is 0 Å². The van der Waals surface area contributed by atoms with Crippen molar-refractivity contribution < 1.29 is 9.90 Å². The lowest BCUT2D eigenvalue weighted by molar-refractivity contribution is -0.129. The van der Waals surface area contributed by atoms with Gasteiger partial charge in [0.25, 0.3) is 0 Å². The zero-order chi connectivity index (χ0) is 14.2. The molecule has 0 atom stereocenters. The molecule has 1 aromatic carbocycles. The van der Waals surface area contributed by atoms with Crippen LogP contribution in [0.4, 0.5) is 5.69 Å². The summed E-state index contributed by atoms with van der Waals surface area (Å²) in [7, 11) is 0. The third-order valence-electron chi connectivity index (χ3n) is 3.57. The SMILES string of the molecule is O=C(CNc1ccccc1)N1CCCN(CCO)CC1. The number of rotatable bonds is 5. The standard InChI is InChI=1S/C15H23N3O2/c19-12-11-17-7-4-8-18(10-9-17)15(20)13-16-14-5-2-1-3-6-14/h1-3,5-6,16,19H,4,7-13H2. The number of amides is 1. The maximum absolute atomic E-state index is 12.2. The first-order chi connectivity index (χ1) is 9.79. The van der Waals surface area contributed by atoms with Crippen molar-refractivity contribution in [2.45, 2.75) is 6.42 Å². The van der Waals surface area contributed by atoms with Gasteiger partial charge in [0.2, 0.25) is 5.91 Å². The fourth-order valence-electron chi connectivity index (χ4n) is 2.43. The number of aliphatic hydroxyl groups is 1. The molecule has 0 radical (unpaired) electrons. The van der Waals surface area contributed by atoms with Crippen LogP contribution in [0, 0.1) is 0 Å². The summed E-state index contributed by atoms with van der Waals surface area (Å²) in [4.78, 5) is 16.3. The van der Waals surface area contributed by atoms with Crippen molar-refractivity contribution in [3.05, 3.63) is 30.3 Å². The number of carbonyl (C=O) groups is 1. The minimum atomic E-state index is 0.139. The molecule has 2 N–H and O–H groups in total. The summed E-state index contributed by atoms with van der Waals surface area (Å²) < 4.78 is 0. The zero-order valence-electron chi connectivity index (χ0n) is 11.8. The fraction of sp³-hybridized carbons (Fsp3) is 0.533.